The van der Waals surface area contributed by atoms with Crippen molar-refractivity contribution in [1.29, 1.82) is 0 Å². The van der Waals surface area contributed by atoms with Crippen LogP contribution in [0.2, 0.25) is 0 Å². The Morgan fingerprint density at radius 2 is 1.73 bits per heavy atom. The minimum Gasteiger partial charge on any atom is -0.487 e. The Kier molecular flexibility index (Phi) is 6.65. The second-order valence-electron chi connectivity index (χ2n) is 7.36. The minimum atomic E-state index is -3.46. The molecule has 3 rings (SSSR count). The van der Waals surface area contributed by atoms with E-state index in [0.29, 0.717) is 36.0 Å². The first-order valence-corrected chi connectivity index (χ1v) is 11.7. The largest absolute Gasteiger partial charge is 0.487 e. The zero-order chi connectivity index (χ0) is 21.8. The molecule has 2 aromatic rings. The Morgan fingerprint density at radius 1 is 1.07 bits per heavy atom. The summed E-state index contributed by atoms with van der Waals surface area (Å²) in [6.07, 6.45) is 5.42. The van der Waals surface area contributed by atoms with Crippen LogP contribution in [0.4, 0.5) is 5.69 Å². The quantitative estimate of drug-likeness (QED) is 0.632. The summed E-state index contributed by atoms with van der Waals surface area (Å²) in [5, 5.41) is 0. The van der Waals surface area contributed by atoms with Crippen molar-refractivity contribution in [3.63, 3.8) is 0 Å². The Hall–Kier alpha value is -2.61. The van der Waals surface area contributed by atoms with Crippen molar-refractivity contribution in [2.24, 2.45) is 5.73 Å². The monoisotopic (exact) mass is 429 g/mol. The highest BCUT2D eigenvalue weighted by Gasteiger charge is 2.41. The van der Waals surface area contributed by atoms with Crippen LogP contribution in [0, 0.1) is 0 Å². The number of nitrogens with two attached hydrogens (primary N) is 1. The molecule has 1 atom stereocenters. The third kappa shape index (κ3) is 4.43. The van der Waals surface area contributed by atoms with E-state index in [1.54, 1.807) is 43.5 Å². The standard InChI is InChI=1S/C23H29N2O4S/c1-4-30(26,27)25(15-13-19(17-24)14-16-25)20-9-11-21(12-10-20)29-23-8-6-5-7-22(23)28-18(2)3/h5-15,18H,4,16-17,24H2,1-3H3/q+1. The summed E-state index contributed by atoms with van der Waals surface area (Å²) in [4.78, 5) is 0. The molecular weight excluding hydrogens is 400 g/mol. The molecule has 0 radical (unpaired) electrons. The van der Waals surface area contributed by atoms with Crippen LogP contribution in [0.5, 0.6) is 17.2 Å². The lowest BCUT2D eigenvalue weighted by atomic mass is 10.1. The van der Waals surface area contributed by atoms with Gasteiger partial charge in [-0.25, -0.2) is 0 Å². The fraction of sp³-hybridized carbons (Fsp3) is 0.304. The summed E-state index contributed by atoms with van der Waals surface area (Å²) in [6.45, 7) is 6.27. The van der Waals surface area contributed by atoms with E-state index in [0.717, 1.165) is 5.57 Å². The zero-order valence-electron chi connectivity index (χ0n) is 17.6. The lowest BCUT2D eigenvalue weighted by molar-refractivity contribution is 0.233. The summed E-state index contributed by atoms with van der Waals surface area (Å²) in [6, 6.07) is 14.6. The highest BCUT2D eigenvalue weighted by Crippen LogP contribution is 2.36. The molecule has 1 unspecified atom stereocenters. The molecule has 0 fully saturated rings. The normalized spacial score (nSPS) is 18.9. The van der Waals surface area contributed by atoms with Crippen molar-refractivity contribution in [2.75, 3.05) is 18.8 Å². The average molecular weight is 430 g/mol. The van der Waals surface area contributed by atoms with Crippen LogP contribution in [-0.2, 0) is 10.0 Å². The van der Waals surface area contributed by atoms with Crippen molar-refractivity contribution in [3.05, 3.63) is 72.5 Å². The predicted molar refractivity (Wildman–Crippen MR) is 121 cm³/mol. The maximum atomic E-state index is 13.0. The van der Waals surface area contributed by atoms with Crippen LogP contribution in [0.25, 0.3) is 0 Å². The summed E-state index contributed by atoms with van der Waals surface area (Å²) >= 11 is 0. The van der Waals surface area contributed by atoms with E-state index < -0.39 is 10.0 Å². The third-order valence-electron chi connectivity index (χ3n) is 4.96. The van der Waals surface area contributed by atoms with Crippen LogP contribution in [0.1, 0.15) is 20.8 Å². The van der Waals surface area contributed by atoms with Crippen LogP contribution in [0.15, 0.2) is 72.5 Å². The number of ether oxygens (including phenoxy) is 2. The van der Waals surface area contributed by atoms with Gasteiger partial charge in [-0.2, -0.15) is 12.3 Å². The second-order valence-corrected chi connectivity index (χ2v) is 9.75. The first-order valence-electron chi connectivity index (χ1n) is 10.0. The van der Waals surface area contributed by atoms with Gasteiger partial charge in [0.2, 0.25) is 0 Å². The van der Waals surface area contributed by atoms with Crippen LogP contribution >= 0.6 is 0 Å². The van der Waals surface area contributed by atoms with Gasteiger partial charge in [-0.05, 0) is 62.8 Å². The van der Waals surface area contributed by atoms with Gasteiger partial charge in [-0.3, -0.25) is 0 Å². The van der Waals surface area contributed by atoms with E-state index in [9.17, 15) is 8.42 Å². The van der Waals surface area contributed by atoms with Crippen molar-refractivity contribution >= 4 is 15.7 Å². The van der Waals surface area contributed by atoms with E-state index in [2.05, 4.69) is 0 Å². The topological polar surface area (TPSA) is 78.6 Å². The van der Waals surface area contributed by atoms with E-state index in [4.69, 9.17) is 15.2 Å². The highest BCUT2D eigenvalue weighted by atomic mass is 32.2. The highest BCUT2D eigenvalue weighted by molar-refractivity contribution is 7.91. The molecule has 2 aromatic carbocycles. The minimum absolute atomic E-state index is 0.0260. The maximum absolute atomic E-state index is 13.0. The lowest BCUT2D eigenvalue weighted by Gasteiger charge is -2.33. The molecule has 160 valence electrons. The molecule has 0 bridgehead atoms. The molecule has 0 aliphatic carbocycles. The van der Waals surface area contributed by atoms with E-state index in [-0.39, 0.29) is 15.7 Å². The van der Waals surface area contributed by atoms with E-state index in [1.807, 2.05) is 44.2 Å². The maximum Gasteiger partial charge on any atom is 0.306 e. The first-order chi connectivity index (χ1) is 14.3. The van der Waals surface area contributed by atoms with Gasteiger partial charge >= 0.3 is 10.0 Å². The van der Waals surface area contributed by atoms with Crippen molar-refractivity contribution in [3.8, 4) is 17.2 Å². The molecule has 6 nitrogen and oxygen atoms in total. The molecule has 2 N–H and O–H groups in total. The molecule has 1 aliphatic heterocycles. The lowest BCUT2D eigenvalue weighted by Crippen LogP contribution is -2.51. The average Bonchev–Trinajstić information content (AvgIpc) is 2.75. The Morgan fingerprint density at radius 3 is 2.27 bits per heavy atom. The molecule has 0 spiro atoms. The van der Waals surface area contributed by atoms with Gasteiger partial charge in [-0.15, -0.1) is 0 Å². The third-order valence-corrected chi connectivity index (χ3v) is 7.17. The molecule has 0 saturated heterocycles. The number of benzene rings is 2. The summed E-state index contributed by atoms with van der Waals surface area (Å²) in [5.41, 5.74) is 7.28. The number of quaternary nitrogens is 1. The molecule has 30 heavy (non-hydrogen) atoms. The van der Waals surface area contributed by atoms with Gasteiger partial charge in [-0.1, -0.05) is 12.1 Å². The smallest absolute Gasteiger partial charge is 0.306 e. The van der Waals surface area contributed by atoms with Crippen molar-refractivity contribution in [2.45, 2.75) is 26.9 Å². The van der Waals surface area contributed by atoms with Crippen molar-refractivity contribution < 1.29 is 17.9 Å². The number of para-hydroxylation sites is 2. The van der Waals surface area contributed by atoms with Gasteiger partial charge in [0.15, 0.2) is 17.2 Å². The number of hydrogen-bond acceptors (Lipinski definition) is 5. The van der Waals surface area contributed by atoms with Crippen molar-refractivity contribution in [1.82, 2.24) is 3.89 Å². The van der Waals surface area contributed by atoms with Crippen LogP contribution < -0.4 is 19.1 Å². The number of rotatable bonds is 8. The van der Waals surface area contributed by atoms with Crippen LogP contribution in [0.3, 0.4) is 0 Å². The van der Waals surface area contributed by atoms with Gasteiger partial charge < -0.3 is 15.2 Å². The van der Waals surface area contributed by atoms with E-state index in [1.165, 1.54) is 0 Å². The molecule has 7 heteroatoms. The van der Waals surface area contributed by atoms with E-state index >= 15 is 0 Å². The zero-order valence-corrected chi connectivity index (χ0v) is 18.4. The Balaban J connectivity index is 1.91. The first kappa shape index (κ1) is 22.1. The predicted octanol–water partition coefficient (Wildman–Crippen LogP) is 4.34. The summed E-state index contributed by atoms with van der Waals surface area (Å²) in [5.74, 6) is 1.90. The fourth-order valence-corrected chi connectivity index (χ4v) is 4.77. The van der Waals surface area contributed by atoms with Crippen LogP contribution in [-0.4, -0.2) is 33.4 Å². The van der Waals surface area contributed by atoms with Gasteiger partial charge in [0.05, 0.1) is 11.9 Å². The van der Waals surface area contributed by atoms with Gasteiger partial charge in [0, 0.05) is 18.7 Å². The number of sulfonamides is 1. The molecule has 1 aliphatic rings. The van der Waals surface area contributed by atoms with Gasteiger partial charge in [0.25, 0.3) is 0 Å². The number of hydrogen-bond donors (Lipinski definition) is 1. The fourth-order valence-electron chi connectivity index (χ4n) is 3.32. The molecule has 0 saturated carbocycles. The molecular formula is C23H29N2O4S+. The Bertz CT molecular complexity index is 1040. The summed E-state index contributed by atoms with van der Waals surface area (Å²) < 4.78 is 37.6. The number of nitrogens with zero attached hydrogens (tertiary/aromatic N) is 1. The molecule has 1 heterocycles. The molecule has 0 aromatic heterocycles. The second kappa shape index (κ2) is 9.04. The van der Waals surface area contributed by atoms with Gasteiger partial charge in [0.1, 0.15) is 18.5 Å². The molecule has 0 amide bonds. The Labute approximate surface area is 178 Å². The SMILES string of the molecule is CCS(=O)(=O)[N+]1(c2ccc(Oc3ccccc3OC(C)C)cc2)C=CC(CN)=CC1. The summed E-state index contributed by atoms with van der Waals surface area (Å²) in [7, 11) is -3.46.